The normalized spacial score (nSPS) is 19.8. The minimum atomic E-state index is -0.377. The number of rotatable bonds is 3. The second-order valence-electron chi connectivity index (χ2n) is 6.23. The summed E-state index contributed by atoms with van der Waals surface area (Å²) in [5.41, 5.74) is 0.899. The van der Waals surface area contributed by atoms with Gasteiger partial charge < -0.3 is 24.2 Å². The van der Waals surface area contributed by atoms with E-state index in [1.54, 1.807) is 0 Å². The van der Waals surface area contributed by atoms with Gasteiger partial charge in [0.15, 0.2) is 11.6 Å². The molecule has 24 heavy (non-hydrogen) atoms. The molecule has 2 aromatic rings. The molecule has 2 aliphatic heterocycles. The number of anilines is 3. The van der Waals surface area contributed by atoms with Gasteiger partial charge in [0.1, 0.15) is 11.6 Å². The van der Waals surface area contributed by atoms with Crippen molar-refractivity contribution in [3.63, 3.8) is 0 Å². The summed E-state index contributed by atoms with van der Waals surface area (Å²) in [6, 6.07) is 3.80. The van der Waals surface area contributed by atoms with Gasteiger partial charge in [-0.1, -0.05) is 5.16 Å². The fourth-order valence-corrected chi connectivity index (χ4v) is 3.17. The summed E-state index contributed by atoms with van der Waals surface area (Å²) < 4.78 is 16.6. The Labute approximate surface area is 140 Å². The quantitative estimate of drug-likeness (QED) is 0.916. The summed E-state index contributed by atoms with van der Waals surface area (Å²) in [5, 5.41) is 7.01. The van der Waals surface area contributed by atoms with Crippen LogP contribution in [0.15, 0.2) is 16.7 Å². The number of nitrogens with zero attached hydrogens (tertiary/aromatic N) is 4. The summed E-state index contributed by atoms with van der Waals surface area (Å²) in [6.45, 7) is 6.88. The van der Waals surface area contributed by atoms with Crippen LogP contribution in [0.1, 0.15) is 24.3 Å². The molecule has 128 valence electrons. The fraction of sp³-hybridized carbons (Fsp3) is 0.562. The van der Waals surface area contributed by atoms with Crippen LogP contribution in [0.5, 0.6) is 0 Å². The van der Waals surface area contributed by atoms with Crippen LogP contribution in [0, 0.1) is 13.8 Å². The minimum Gasteiger partial charge on any atom is -0.360 e. The highest BCUT2D eigenvalue weighted by Crippen LogP contribution is 2.33. The molecular weight excluding hydrogens is 310 g/mol. The highest BCUT2D eigenvalue weighted by molar-refractivity contribution is 5.52. The van der Waals surface area contributed by atoms with E-state index in [-0.39, 0.29) is 5.79 Å². The molecule has 8 nitrogen and oxygen atoms in total. The lowest BCUT2D eigenvalue weighted by molar-refractivity contribution is -0.169. The number of ether oxygens (including phenoxy) is 2. The molecule has 4 rings (SSSR count). The lowest BCUT2D eigenvalue weighted by atomic mass is 10.0. The smallest absolute Gasteiger partial charge is 0.230 e. The van der Waals surface area contributed by atoms with E-state index < -0.39 is 0 Å². The molecule has 0 bridgehead atoms. The van der Waals surface area contributed by atoms with Crippen molar-refractivity contribution < 1.29 is 14.0 Å². The van der Waals surface area contributed by atoms with Crippen LogP contribution >= 0.6 is 0 Å². The second-order valence-corrected chi connectivity index (χ2v) is 6.23. The molecule has 0 aliphatic carbocycles. The van der Waals surface area contributed by atoms with Gasteiger partial charge >= 0.3 is 0 Å². The van der Waals surface area contributed by atoms with Crippen LogP contribution in [-0.4, -0.2) is 47.2 Å². The van der Waals surface area contributed by atoms with Crippen molar-refractivity contribution in [2.75, 3.05) is 36.5 Å². The van der Waals surface area contributed by atoms with Gasteiger partial charge in [-0.3, -0.25) is 0 Å². The lowest BCUT2D eigenvalue weighted by Gasteiger charge is -2.38. The molecule has 0 aromatic carbocycles. The van der Waals surface area contributed by atoms with Crippen LogP contribution in [0.25, 0.3) is 0 Å². The number of hydrogen-bond donors (Lipinski definition) is 1. The Kier molecular flexibility index (Phi) is 3.85. The minimum absolute atomic E-state index is 0.377. The first-order valence-electron chi connectivity index (χ1n) is 8.21. The second kappa shape index (κ2) is 6.03. The number of hydrogen-bond acceptors (Lipinski definition) is 8. The van der Waals surface area contributed by atoms with E-state index in [1.807, 2.05) is 26.0 Å². The van der Waals surface area contributed by atoms with Gasteiger partial charge in [0.05, 0.1) is 13.2 Å². The Morgan fingerprint density at radius 2 is 1.83 bits per heavy atom. The molecule has 0 saturated carbocycles. The number of aromatic nitrogens is 3. The average molecular weight is 331 g/mol. The Morgan fingerprint density at radius 3 is 2.50 bits per heavy atom. The maximum absolute atomic E-state index is 5.78. The van der Waals surface area contributed by atoms with Crippen LogP contribution < -0.4 is 10.2 Å². The van der Waals surface area contributed by atoms with Gasteiger partial charge in [-0.15, -0.1) is 0 Å². The summed E-state index contributed by atoms with van der Waals surface area (Å²) >= 11 is 0. The van der Waals surface area contributed by atoms with E-state index in [0.717, 1.165) is 43.2 Å². The molecule has 0 amide bonds. The third-order valence-electron chi connectivity index (χ3n) is 4.37. The maximum Gasteiger partial charge on any atom is 0.230 e. The van der Waals surface area contributed by atoms with Crippen molar-refractivity contribution in [1.29, 1.82) is 0 Å². The zero-order valence-electron chi connectivity index (χ0n) is 13.9. The van der Waals surface area contributed by atoms with Crippen LogP contribution in [0.4, 0.5) is 17.6 Å². The van der Waals surface area contributed by atoms with E-state index >= 15 is 0 Å². The average Bonchev–Trinajstić information content (AvgIpc) is 3.17. The standard InChI is InChI=1S/C16H21N5O3/c1-11-9-14(19-15(17-11)18-13-10-12(2)24-20-13)21-5-3-16(4-6-21)22-7-8-23-16/h9-10H,3-8H2,1-2H3,(H,17,18,19,20). The third-order valence-corrected chi connectivity index (χ3v) is 4.37. The van der Waals surface area contributed by atoms with E-state index in [9.17, 15) is 0 Å². The van der Waals surface area contributed by atoms with Crippen molar-refractivity contribution >= 4 is 17.6 Å². The summed E-state index contributed by atoms with van der Waals surface area (Å²) in [7, 11) is 0. The molecule has 1 spiro atoms. The molecule has 2 fully saturated rings. The Morgan fingerprint density at radius 1 is 1.08 bits per heavy atom. The first-order valence-corrected chi connectivity index (χ1v) is 8.21. The topological polar surface area (TPSA) is 85.5 Å². The highest BCUT2D eigenvalue weighted by atomic mass is 16.7. The SMILES string of the molecule is Cc1cc(N2CCC3(CC2)OCCO3)nc(Nc2cc(C)on2)n1. The highest BCUT2D eigenvalue weighted by Gasteiger charge is 2.40. The predicted molar refractivity (Wildman–Crippen MR) is 87.4 cm³/mol. The molecule has 1 N–H and O–H groups in total. The molecular formula is C16H21N5O3. The van der Waals surface area contributed by atoms with Gasteiger partial charge in [0, 0.05) is 43.8 Å². The summed E-state index contributed by atoms with van der Waals surface area (Å²) in [6.07, 6.45) is 1.70. The van der Waals surface area contributed by atoms with Gasteiger partial charge in [-0.25, -0.2) is 4.98 Å². The van der Waals surface area contributed by atoms with Crippen LogP contribution in [-0.2, 0) is 9.47 Å². The summed E-state index contributed by atoms with van der Waals surface area (Å²) in [5.74, 6) is 2.39. The zero-order valence-corrected chi connectivity index (χ0v) is 13.9. The Balaban J connectivity index is 1.49. The van der Waals surface area contributed by atoms with Crippen molar-refractivity contribution in [1.82, 2.24) is 15.1 Å². The van der Waals surface area contributed by atoms with Crippen molar-refractivity contribution in [2.45, 2.75) is 32.5 Å². The molecule has 0 radical (unpaired) electrons. The first kappa shape index (κ1) is 15.3. The summed E-state index contributed by atoms with van der Waals surface area (Å²) in [4.78, 5) is 11.3. The van der Waals surface area contributed by atoms with E-state index in [1.165, 1.54) is 0 Å². The third kappa shape index (κ3) is 3.07. The zero-order chi connectivity index (χ0) is 16.6. The van der Waals surface area contributed by atoms with Crippen molar-refractivity contribution in [3.8, 4) is 0 Å². The van der Waals surface area contributed by atoms with Gasteiger partial charge in [0.2, 0.25) is 5.95 Å². The first-order chi connectivity index (χ1) is 11.6. The number of aryl methyl sites for hydroxylation is 2. The molecule has 4 heterocycles. The van der Waals surface area contributed by atoms with Crippen molar-refractivity contribution in [2.24, 2.45) is 0 Å². The van der Waals surface area contributed by atoms with Crippen molar-refractivity contribution in [3.05, 3.63) is 23.6 Å². The van der Waals surface area contributed by atoms with Gasteiger partial charge in [-0.2, -0.15) is 4.98 Å². The molecule has 2 aliphatic rings. The van der Waals surface area contributed by atoms with Gasteiger partial charge in [0.25, 0.3) is 0 Å². The number of nitrogens with one attached hydrogen (secondary N) is 1. The molecule has 0 unspecified atom stereocenters. The Hall–Kier alpha value is -2.19. The predicted octanol–water partition coefficient (Wildman–Crippen LogP) is 2.17. The monoisotopic (exact) mass is 331 g/mol. The molecule has 8 heteroatoms. The van der Waals surface area contributed by atoms with E-state index in [2.05, 4.69) is 25.3 Å². The molecule has 2 aromatic heterocycles. The maximum atomic E-state index is 5.78. The van der Waals surface area contributed by atoms with E-state index in [0.29, 0.717) is 25.0 Å². The fourth-order valence-electron chi connectivity index (χ4n) is 3.17. The number of piperidine rings is 1. The van der Waals surface area contributed by atoms with E-state index in [4.69, 9.17) is 14.0 Å². The molecule has 2 saturated heterocycles. The molecule has 0 atom stereocenters. The van der Waals surface area contributed by atoms with Crippen LogP contribution in [0.3, 0.4) is 0 Å². The largest absolute Gasteiger partial charge is 0.360 e. The van der Waals surface area contributed by atoms with Crippen LogP contribution in [0.2, 0.25) is 0 Å². The van der Waals surface area contributed by atoms with Gasteiger partial charge in [-0.05, 0) is 13.8 Å². The lowest BCUT2D eigenvalue weighted by Crippen LogP contribution is -2.45. The Bertz CT molecular complexity index is 716.